The molecule has 5 atom stereocenters. The molecule has 2 aliphatic rings. The number of esters is 1. The van der Waals surface area contributed by atoms with Crippen LogP contribution in [0.5, 0.6) is 0 Å². The molecule has 8 nitrogen and oxygen atoms in total. The highest BCUT2D eigenvalue weighted by atomic mass is 31.2. The number of fused-ring (bicyclic) bond motifs is 2. The lowest BCUT2D eigenvalue weighted by Crippen LogP contribution is -3.16. The van der Waals surface area contributed by atoms with Gasteiger partial charge in [-0.05, 0) is 12.1 Å². The largest absolute Gasteiger partial charge is 0.479 e. The van der Waals surface area contributed by atoms with Crippen molar-refractivity contribution in [2.75, 3.05) is 13.7 Å². The lowest BCUT2D eigenvalue weighted by atomic mass is 9.88. The van der Waals surface area contributed by atoms with E-state index in [9.17, 15) is 19.4 Å². The Morgan fingerprint density at radius 2 is 1.92 bits per heavy atom. The number of carbonyl (C=O) groups excluding carboxylic acids is 1. The van der Waals surface area contributed by atoms with Crippen LogP contribution in [0.2, 0.25) is 0 Å². The first-order valence-corrected chi connectivity index (χ1v) is 10.2. The molecule has 0 aromatic heterocycles. The van der Waals surface area contributed by atoms with E-state index in [1.807, 2.05) is 7.05 Å². The van der Waals surface area contributed by atoms with Crippen LogP contribution in [-0.2, 0) is 18.8 Å². The molecule has 3 unspecified atom stereocenters. The Morgan fingerprint density at radius 3 is 2.58 bits per heavy atom. The van der Waals surface area contributed by atoms with Crippen molar-refractivity contribution in [2.24, 2.45) is 5.92 Å². The van der Waals surface area contributed by atoms with Crippen LogP contribution in [0.1, 0.15) is 19.3 Å². The second-order valence-corrected chi connectivity index (χ2v) is 8.73. The number of nitrogens with one attached hydrogen (secondary N) is 1. The van der Waals surface area contributed by atoms with Gasteiger partial charge in [0.1, 0.15) is 18.1 Å². The molecule has 2 bridgehead atoms. The van der Waals surface area contributed by atoms with Gasteiger partial charge in [-0.25, -0.2) is 4.79 Å². The maximum Gasteiger partial charge on any atom is 0.443 e. The molecule has 2 saturated heterocycles. The van der Waals surface area contributed by atoms with Crippen molar-refractivity contribution in [1.29, 1.82) is 0 Å². The first-order chi connectivity index (χ1) is 12.3. The summed E-state index contributed by atoms with van der Waals surface area (Å²) in [7, 11) is -1.86. The van der Waals surface area contributed by atoms with Gasteiger partial charge in [-0.1, -0.05) is 18.2 Å². The zero-order chi connectivity index (χ0) is 18.9. The summed E-state index contributed by atoms with van der Waals surface area (Å²) in [6.07, 6.45) is 1.47. The average molecular weight is 385 g/mol. The molecular formula is C17H24NO7P+2. The molecule has 2 heterocycles. The predicted octanol–water partition coefficient (Wildman–Crippen LogP) is -0.862. The van der Waals surface area contributed by atoms with E-state index >= 15 is 0 Å². The molecule has 2 fully saturated rings. The molecule has 142 valence electrons. The smallest absolute Gasteiger partial charge is 0.443 e. The highest BCUT2D eigenvalue weighted by Crippen LogP contribution is 2.53. The SMILES string of the molecule is C[NH+]1C2CCC1[C@@H](C(=O)OCC(=O)O)[C@@H](O[P+](O)(O)c1ccccc1)C2. The summed E-state index contributed by atoms with van der Waals surface area (Å²) in [6, 6.07) is 8.44. The summed E-state index contributed by atoms with van der Waals surface area (Å²) < 4.78 is 10.6. The van der Waals surface area contributed by atoms with Crippen LogP contribution in [0.4, 0.5) is 0 Å². The van der Waals surface area contributed by atoms with E-state index in [-0.39, 0.29) is 17.4 Å². The van der Waals surface area contributed by atoms with Crippen molar-refractivity contribution in [1.82, 2.24) is 0 Å². The van der Waals surface area contributed by atoms with Crippen molar-refractivity contribution < 1.29 is 38.6 Å². The second kappa shape index (κ2) is 7.58. The van der Waals surface area contributed by atoms with Gasteiger partial charge in [-0.3, -0.25) is 4.79 Å². The third kappa shape index (κ3) is 3.89. The third-order valence-electron chi connectivity index (χ3n) is 5.39. The van der Waals surface area contributed by atoms with E-state index in [4.69, 9.17) is 14.4 Å². The van der Waals surface area contributed by atoms with E-state index in [1.54, 1.807) is 30.3 Å². The minimum atomic E-state index is -3.86. The molecule has 0 radical (unpaired) electrons. The minimum Gasteiger partial charge on any atom is -0.479 e. The summed E-state index contributed by atoms with van der Waals surface area (Å²) in [6.45, 7) is -0.714. The normalized spacial score (nSPS) is 30.8. The molecule has 0 saturated carbocycles. The second-order valence-electron chi connectivity index (χ2n) is 6.91. The maximum atomic E-state index is 12.5. The number of ether oxygens (including phenoxy) is 1. The Morgan fingerprint density at radius 1 is 1.23 bits per heavy atom. The third-order valence-corrected chi connectivity index (χ3v) is 6.93. The summed E-state index contributed by atoms with van der Waals surface area (Å²) in [5, 5.41) is 9.03. The average Bonchev–Trinajstić information content (AvgIpc) is 2.84. The van der Waals surface area contributed by atoms with Gasteiger partial charge in [-0.2, -0.15) is 14.3 Å². The van der Waals surface area contributed by atoms with E-state index in [0.29, 0.717) is 6.42 Å². The van der Waals surface area contributed by atoms with E-state index in [2.05, 4.69) is 0 Å². The molecule has 2 aliphatic heterocycles. The summed E-state index contributed by atoms with van der Waals surface area (Å²) in [5.41, 5.74) is 0. The van der Waals surface area contributed by atoms with Gasteiger partial charge in [0.05, 0.1) is 13.1 Å². The number of benzene rings is 1. The van der Waals surface area contributed by atoms with Crippen molar-refractivity contribution >= 4 is 25.2 Å². The zero-order valence-electron chi connectivity index (χ0n) is 14.4. The highest BCUT2D eigenvalue weighted by Gasteiger charge is 2.58. The van der Waals surface area contributed by atoms with Gasteiger partial charge in [0.2, 0.25) is 0 Å². The lowest BCUT2D eigenvalue weighted by Gasteiger charge is -2.37. The predicted molar refractivity (Wildman–Crippen MR) is 92.7 cm³/mol. The van der Waals surface area contributed by atoms with Crippen molar-refractivity contribution in [3.05, 3.63) is 30.3 Å². The van der Waals surface area contributed by atoms with Gasteiger partial charge in [-0.15, -0.1) is 0 Å². The number of rotatable bonds is 6. The van der Waals surface area contributed by atoms with Crippen LogP contribution in [0.15, 0.2) is 30.3 Å². The fraction of sp³-hybridized carbons (Fsp3) is 0.529. The van der Waals surface area contributed by atoms with Crippen LogP contribution in [0, 0.1) is 5.92 Å². The van der Waals surface area contributed by atoms with Gasteiger partial charge >= 0.3 is 19.9 Å². The Bertz CT molecular complexity index is 668. The number of quaternary nitrogens is 1. The molecule has 26 heavy (non-hydrogen) atoms. The van der Waals surface area contributed by atoms with Crippen LogP contribution in [-0.4, -0.2) is 58.7 Å². The molecule has 1 aromatic rings. The Balaban J connectivity index is 1.81. The summed E-state index contributed by atoms with van der Waals surface area (Å²) >= 11 is 0. The van der Waals surface area contributed by atoms with E-state index in [1.165, 1.54) is 4.90 Å². The number of carboxylic acid groups (broad SMARTS) is 1. The molecule has 4 N–H and O–H groups in total. The minimum absolute atomic E-state index is 0.0872. The Kier molecular flexibility index (Phi) is 5.60. The quantitative estimate of drug-likeness (QED) is 0.372. The number of carboxylic acids is 1. The topological polar surface area (TPSA) is 118 Å². The number of carbonyl (C=O) groups is 2. The zero-order valence-corrected chi connectivity index (χ0v) is 15.3. The molecular weight excluding hydrogens is 361 g/mol. The van der Waals surface area contributed by atoms with Crippen LogP contribution >= 0.6 is 7.94 Å². The van der Waals surface area contributed by atoms with Crippen LogP contribution in [0.25, 0.3) is 0 Å². The molecule has 0 spiro atoms. The monoisotopic (exact) mass is 385 g/mol. The summed E-state index contributed by atoms with van der Waals surface area (Å²) in [5.74, 6) is -2.61. The van der Waals surface area contributed by atoms with Gasteiger partial charge < -0.3 is 14.7 Å². The lowest BCUT2D eigenvalue weighted by molar-refractivity contribution is -0.926. The molecule has 3 rings (SSSR count). The fourth-order valence-electron chi connectivity index (χ4n) is 4.12. The van der Waals surface area contributed by atoms with Crippen LogP contribution < -0.4 is 10.2 Å². The maximum absolute atomic E-state index is 12.5. The standard InChI is InChI=1S/C17H22NO7P/c1-18-11-7-8-13(18)16(17(21)24-10-15(19)20)14(9-11)25-26(22,23)12-5-3-2-4-6-12/h2-6,11,13-14,16,22-23H,7-10H2,1H3/p+2/t11?,13?,14-,16+/m0/s1. The molecule has 0 aliphatic carbocycles. The number of aliphatic carboxylic acids is 1. The highest BCUT2D eigenvalue weighted by molar-refractivity contribution is 7.67. The molecule has 0 amide bonds. The van der Waals surface area contributed by atoms with E-state index in [0.717, 1.165) is 12.8 Å². The first-order valence-electron chi connectivity index (χ1n) is 8.60. The van der Waals surface area contributed by atoms with Crippen molar-refractivity contribution in [3.8, 4) is 0 Å². The summed E-state index contributed by atoms with van der Waals surface area (Å²) in [4.78, 5) is 45.5. The van der Waals surface area contributed by atoms with Gasteiger partial charge in [0.25, 0.3) is 0 Å². The number of hydrogen-bond donors (Lipinski definition) is 4. The molecule has 1 aromatic carbocycles. The Hall–Kier alpha value is -1.57. The van der Waals surface area contributed by atoms with Gasteiger partial charge in [0.15, 0.2) is 11.9 Å². The first kappa shape index (κ1) is 19.2. The molecule has 9 heteroatoms. The van der Waals surface area contributed by atoms with Crippen LogP contribution in [0.3, 0.4) is 0 Å². The number of hydrogen-bond acceptors (Lipinski definition) is 6. The Labute approximate surface area is 151 Å². The van der Waals surface area contributed by atoms with E-state index < -0.39 is 38.5 Å². The van der Waals surface area contributed by atoms with Gasteiger partial charge in [0, 0.05) is 19.3 Å². The number of piperidine rings is 1. The fourth-order valence-corrected chi connectivity index (χ4v) is 5.39. The van der Waals surface area contributed by atoms with Crippen molar-refractivity contribution in [3.63, 3.8) is 0 Å². The van der Waals surface area contributed by atoms with Crippen molar-refractivity contribution in [2.45, 2.75) is 37.5 Å².